The van der Waals surface area contributed by atoms with Crippen LogP contribution in [0.1, 0.15) is 224 Å². The first kappa shape index (κ1) is 85.9. The number of carbonyl (C=O) groups is 3. The van der Waals surface area contributed by atoms with Gasteiger partial charge in [-0.2, -0.15) is 0 Å². The highest BCUT2D eigenvalue weighted by Gasteiger charge is 2.54. The highest BCUT2D eigenvalue weighted by Crippen LogP contribution is 2.49. The Morgan fingerprint density at radius 3 is 1.42 bits per heavy atom. The number of halogens is 1. The first-order valence-electron chi connectivity index (χ1n) is 35.3. The van der Waals surface area contributed by atoms with Crippen molar-refractivity contribution in [3.05, 3.63) is 22.3 Å². The lowest BCUT2D eigenvalue weighted by atomic mass is 9.77. The summed E-state index contributed by atoms with van der Waals surface area (Å²) in [6.07, 6.45) is 9.87. The van der Waals surface area contributed by atoms with Crippen LogP contribution in [0.25, 0.3) is 0 Å². The van der Waals surface area contributed by atoms with Crippen LogP contribution in [0.4, 0.5) is 0 Å². The number of carbonyl (C=O) groups excluding carboxylic acids is 3. The van der Waals surface area contributed by atoms with Crippen molar-refractivity contribution in [1.82, 2.24) is 0 Å². The fraction of sp³-hybridized carbons (Fsp3) is 0.904. The van der Waals surface area contributed by atoms with E-state index in [1.165, 1.54) is 0 Å². The van der Waals surface area contributed by atoms with E-state index in [2.05, 4.69) is 244 Å². The monoisotopic (exact) mass is 1460 g/mol. The second-order valence-corrected chi connectivity index (χ2v) is 60.9. The van der Waals surface area contributed by atoms with E-state index in [0.717, 1.165) is 44.9 Å². The fourth-order valence-electron chi connectivity index (χ4n) is 11.7. The van der Waals surface area contributed by atoms with Crippen LogP contribution in [-0.2, 0) is 50.7 Å². The highest BCUT2D eigenvalue weighted by molar-refractivity contribution is 14.1. The lowest BCUT2D eigenvalue weighted by molar-refractivity contribution is -0.347. The molecule has 2 heterocycles. The largest absolute Gasteiger partial charge is 0.459 e. The van der Waals surface area contributed by atoms with Crippen LogP contribution in [0.15, 0.2) is 22.3 Å². The maximum absolute atomic E-state index is 15.8. The topological polar surface area (TPSA) is 125 Å². The van der Waals surface area contributed by atoms with E-state index in [-0.39, 0.29) is 78.9 Å². The molecule has 0 unspecified atom stereocenters. The van der Waals surface area contributed by atoms with Gasteiger partial charge in [-0.15, -0.1) is 0 Å². The maximum atomic E-state index is 15.8. The molecule has 2 saturated heterocycles. The van der Waals surface area contributed by atoms with Crippen LogP contribution < -0.4 is 0 Å². The van der Waals surface area contributed by atoms with Crippen molar-refractivity contribution < 1.29 is 50.7 Å². The first-order valence-corrected chi connectivity index (χ1v) is 51.1. The molecule has 0 aliphatic carbocycles. The summed E-state index contributed by atoms with van der Waals surface area (Å²) in [4.78, 5) is 45.9. The van der Waals surface area contributed by atoms with Gasteiger partial charge in [-0.25, -0.2) is 4.79 Å². The summed E-state index contributed by atoms with van der Waals surface area (Å²) < 4.78 is 59.0. The molecule has 2 fully saturated rings. The van der Waals surface area contributed by atoms with Gasteiger partial charge in [-0.1, -0.05) is 201 Å². The second kappa shape index (κ2) is 33.1. The van der Waals surface area contributed by atoms with Crippen molar-refractivity contribution >= 4 is 81.7 Å². The van der Waals surface area contributed by atoms with Crippen LogP contribution in [0.3, 0.4) is 0 Å². The Kier molecular flexibility index (Phi) is 31.6. The van der Waals surface area contributed by atoms with Gasteiger partial charge in [0.25, 0.3) is 0 Å². The molecule has 0 aromatic carbocycles. The summed E-state index contributed by atoms with van der Waals surface area (Å²) in [7, 11) is -11.5. The number of rotatable bonds is 32. The molecule has 0 amide bonds. The van der Waals surface area contributed by atoms with Gasteiger partial charge in [-0.05, 0) is 158 Å². The molecule has 0 saturated carbocycles. The third-order valence-corrected chi connectivity index (χ3v) is 46.8. The molecular formula is C73H143IO11Si5. The zero-order chi connectivity index (χ0) is 70.3. The molecule has 0 bridgehead atoms. The van der Waals surface area contributed by atoms with Crippen molar-refractivity contribution in [3.8, 4) is 0 Å². The van der Waals surface area contributed by atoms with Crippen LogP contribution >= 0.6 is 22.6 Å². The number of ether oxygens (including phenoxy) is 3. The van der Waals surface area contributed by atoms with Gasteiger partial charge >= 0.3 is 5.97 Å². The van der Waals surface area contributed by atoms with Crippen LogP contribution in [-0.4, -0.2) is 114 Å². The summed E-state index contributed by atoms with van der Waals surface area (Å²) in [6.45, 7) is 78.0. The molecule has 17 atom stereocenters. The molecule has 0 aromatic rings. The fourth-order valence-corrected chi connectivity index (χ4v) is 19.1. The van der Waals surface area contributed by atoms with Gasteiger partial charge in [0.15, 0.2) is 47.4 Å². The van der Waals surface area contributed by atoms with Crippen LogP contribution in [0.5, 0.6) is 0 Å². The summed E-state index contributed by atoms with van der Waals surface area (Å²) >= 11 is 2.31. The molecule has 11 nitrogen and oxygen atoms in total. The molecule has 0 N–H and O–H groups in total. The molecule has 528 valence electrons. The number of esters is 1. The SMILES string of the molecule is CC[C@@H](/C=C/I)CC[C@@H]1O[C@]2(CC[C@H](C)[C@H](C[C@@H](C)O[Si](C)(C)C(C)(C)C)O2)C[C@H](OC(=O)/C=C/[C@H](C)[C@@H](O[Si](C)(C)C(C)(C)C)[C@H](C)C(=O)[C@H](C)[C@@H](O[Si](C)(C)C(C)(C)C)[C@H](C)C(=O)[C@@H](C)[C@@H](O[Si](C)(C)C(C)(C)C)[C@H](C)CCO[Si](C)(C)C(C)(C)C)[C@@H]1C. The van der Waals surface area contributed by atoms with Gasteiger partial charge in [0.05, 0.1) is 30.5 Å². The van der Waals surface area contributed by atoms with E-state index in [0.29, 0.717) is 24.9 Å². The van der Waals surface area contributed by atoms with E-state index in [4.69, 9.17) is 36.3 Å². The molecule has 90 heavy (non-hydrogen) atoms. The quantitative estimate of drug-likeness (QED) is 0.0277. The predicted octanol–water partition coefficient (Wildman–Crippen LogP) is 21.5. The maximum Gasteiger partial charge on any atom is 0.330 e. The third kappa shape index (κ3) is 23.5. The Bertz CT molecular complexity index is 2320. The molecule has 0 radical (unpaired) electrons. The number of allylic oxidation sites excluding steroid dienone is 1. The standard InChI is InChI=1S/C73H143IO11Si5/c1-36-58(42-45-74)38-39-59-53(6)61(48-73(80-59)44-41-49(2)60(81-73)47-52(5)82-87(28,29)69(14,15)16)79-62(75)40-37-50(3)65(83-88(30,31)70(17,18)19)54(7)63(76)56(9)67(85-90(34,35)72(23,24)25)57(10)64(77)55(8)66(84-89(32,33)71(20,21)22)51(4)43-46-78-86(26,27)68(11,12)13/h37,40,42,45,49-61,65-67H,36,38-39,41,43-44,46-48H2,1-35H3/b40-37+,45-42+/t49-,50-,51+,52+,53+,54+,55+,56-,57+,58+,59-,60-,61-,65+,66-,67+,73-/m0/s1. The van der Waals surface area contributed by atoms with E-state index < -0.39 is 95.3 Å². The third-order valence-electron chi connectivity index (χ3n) is 23.8. The second-order valence-electron chi connectivity index (χ2n) is 36.3. The molecule has 17 heteroatoms. The first-order chi connectivity index (χ1) is 40.4. The zero-order valence-corrected chi connectivity index (χ0v) is 71.9. The molecule has 2 aliphatic rings. The van der Waals surface area contributed by atoms with Crippen molar-refractivity contribution in [2.75, 3.05) is 6.61 Å². The normalized spacial score (nSPS) is 25.5. The Balaban J connectivity index is 2.70. The summed E-state index contributed by atoms with van der Waals surface area (Å²) in [5, 5.41) is -0.276. The Labute approximate surface area is 574 Å². The molecule has 2 rings (SSSR count). The van der Waals surface area contributed by atoms with Gasteiger partial charge in [0.1, 0.15) is 17.7 Å². The van der Waals surface area contributed by atoms with E-state index in [9.17, 15) is 4.79 Å². The lowest BCUT2D eigenvalue weighted by Crippen LogP contribution is -2.57. The molecular weight excluding hydrogens is 1320 g/mol. The lowest BCUT2D eigenvalue weighted by Gasteiger charge is -2.52. The predicted molar refractivity (Wildman–Crippen MR) is 401 cm³/mol. The Morgan fingerprint density at radius 1 is 0.567 bits per heavy atom. The summed E-state index contributed by atoms with van der Waals surface area (Å²) in [5.41, 5.74) is 0. The van der Waals surface area contributed by atoms with Crippen LogP contribution in [0.2, 0.25) is 90.7 Å². The van der Waals surface area contributed by atoms with Crippen molar-refractivity contribution in [2.24, 2.45) is 53.3 Å². The summed E-state index contributed by atoms with van der Waals surface area (Å²) in [5.74, 6) is -3.36. The van der Waals surface area contributed by atoms with Gasteiger partial charge in [0, 0.05) is 67.1 Å². The number of Topliss-reactive ketones (excluding diaryl/α,β-unsaturated/α-hetero) is 2. The molecule has 1 spiro atoms. The number of hydrogen-bond acceptors (Lipinski definition) is 11. The zero-order valence-electron chi connectivity index (χ0n) is 64.8. The minimum absolute atomic E-state index is 0.0181. The van der Waals surface area contributed by atoms with Gasteiger partial charge in [-0.3, -0.25) is 9.59 Å². The van der Waals surface area contributed by atoms with Crippen molar-refractivity contribution in [1.29, 1.82) is 0 Å². The summed E-state index contributed by atoms with van der Waals surface area (Å²) in [6, 6.07) is 0. The van der Waals surface area contributed by atoms with Gasteiger partial charge in [0.2, 0.25) is 0 Å². The number of ketones is 2. The van der Waals surface area contributed by atoms with Crippen molar-refractivity contribution in [2.45, 2.75) is 364 Å². The van der Waals surface area contributed by atoms with E-state index in [1.807, 2.05) is 33.8 Å². The van der Waals surface area contributed by atoms with Crippen molar-refractivity contribution in [3.63, 3.8) is 0 Å². The molecule has 2 aliphatic heterocycles. The molecule has 0 aromatic heterocycles. The van der Waals surface area contributed by atoms with E-state index in [1.54, 1.807) is 6.08 Å². The number of hydrogen-bond donors (Lipinski definition) is 0. The average molecular weight is 1460 g/mol. The Hall–Kier alpha value is -0.176. The average Bonchev–Trinajstić information content (AvgIpc) is 0.886. The smallest absolute Gasteiger partial charge is 0.330 e. The van der Waals surface area contributed by atoms with E-state index >= 15 is 9.59 Å². The highest BCUT2D eigenvalue weighted by atomic mass is 127. The Morgan fingerprint density at radius 2 is 0.978 bits per heavy atom. The minimum atomic E-state index is -2.59. The van der Waals surface area contributed by atoms with Crippen LogP contribution in [0, 0.1) is 53.3 Å². The minimum Gasteiger partial charge on any atom is -0.459 e. The van der Waals surface area contributed by atoms with Gasteiger partial charge < -0.3 is 36.3 Å².